The number of hydrogen-bond acceptors (Lipinski definition) is 2. The van der Waals surface area contributed by atoms with Crippen LogP contribution in [0.2, 0.25) is 0 Å². The maximum Gasteiger partial charge on any atom is 0.00414 e. The molecule has 12 heavy (non-hydrogen) atoms. The van der Waals surface area contributed by atoms with Gasteiger partial charge in [0.05, 0.1) is 0 Å². The van der Waals surface area contributed by atoms with E-state index in [-0.39, 0.29) is 0 Å². The molecule has 1 N–H and O–H groups in total. The first-order valence-corrected chi connectivity index (χ1v) is 6.33. The van der Waals surface area contributed by atoms with Crippen molar-refractivity contribution < 1.29 is 0 Å². The molecule has 70 valence electrons. The molecule has 3 unspecified atom stereocenters. The van der Waals surface area contributed by atoms with Crippen LogP contribution in [0.3, 0.4) is 0 Å². The van der Waals surface area contributed by atoms with Crippen LogP contribution in [0, 0.1) is 11.8 Å². The highest BCUT2D eigenvalue weighted by atomic mass is 32.2. The van der Waals surface area contributed by atoms with E-state index in [4.69, 9.17) is 0 Å². The van der Waals surface area contributed by atoms with Gasteiger partial charge in [0.2, 0.25) is 0 Å². The lowest BCUT2D eigenvalue weighted by Gasteiger charge is -2.31. The summed E-state index contributed by atoms with van der Waals surface area (Å²) in [6.07, 6.45) is 4.34. The molecular weight excluding hydrogens is 166 g/mol. The normalized spacial score (nSPS) is 43.2. The molecule has 0 amide bonds. The van der Waals surface area contributed by atoms with Crippen molar-refractivity contribution in [3.63, 3.8) is 0 Å². The summed E-state index contributed by atoms with van der Waals surface area (Å²) in [6, 6.07) is 0.773. The van der Waals surface area contributed by atoms with E-state index in [1.807, 2.05) is 0 Å². The first-order valence-electron chi connectivity index (χ1n) is 5.17. The largest absolute Gasteiger partial charge is 0.314 e. The van der Waals surface area contributed by atoms with Gasteiger partial charge in [0.25, 0.3) is 0 Å². The quantitative estimate of drug-likeness (QED) is 0.671. The lowest BCUT2D eigenvalue weighted by Crippen LogP contribution is -2.38. The average Bonchev–Trinajstić information content (AvgIpc) is 2.56. The van der Waals surface area contributed by atoms with Crippen molar-refractivity contribution in [2.75, 3.05) is 18.1 Å². The number of piperidine rings is 1. The van der Waals surface area contributed by atoms with Crippen molar-refractivity contribution in [2.45, 2.75) is 32.2 Å². The number of hydrogen-bond donors (Lipinski definition) is 1. The van der Waals surface area contributed by atoms with Crippen molar-refractivity contribution in [2.24, 2.45) is 11.8 Å². The molecule has 2 heterocycles. The molecule has 1 nitrogen and oxygen atoms in total. The molecule has 2 rings (SSSR count). The van der Waals surface area contributed by atoms with Gasteiger partial charge >= 0.3 is 0 Å². The van der Waals surface area contributed by atoms with E-state index in [9.17, 15) is 0 Å². The zero-order valence-electron chi connectivity index (χ0n) is 7.88. The molecular formula is C10H19NS. The molecule has 2 fully saturated rings. The van der Waals surface area contributed by atoms with Gasteiger partial charge in [0, 0.05) is 6.04 Å². The molecule has 3 atom stereocenters. The Morgan fingerprint density at radius 2 is 2.17 bits per heavy atom. The predicted molar refractivity (Wildman–Crippen MR) is 55.6 cm³/mol. The number of rotatable bonds is 1. The maximum absolute atomic E-state index is 3.53. The summed E-state index contributed by atoms with van der Waals surface area (Å²) in [5.74, 6) is 4.95. The third-order valence-corrected chi connectivity index (χ3v) is 4.48. The fraction of sp³-hybridized carbons (Fsp3) is 1.00. The van der Waals surface area contributed by atoms with Crippen LogP contribution in [0.4, 0.5) is 0 Å². The van der Waals surface area contributed by atoms with Crippen LogP contribution in [0.1, 0.15) is 26.2 Å². The van der Waals surface area contributed by atoms with Gasteiger partial charge in [-0.3, -0.25) is 0 Å². The van der Waals surface area contributed by atoms with Gasteiger partial charge in [-0.25, -0.2) is 0 Å². The van der Waals surface area contributed by atoms with E-state index in [1.165, 1.54) is 37.3 Å². The van der Waals surface area contributed by atoms with E-state index in [1.54, 1.807) is 0 Å². The molecule has 0 aromatic heterocycles. The highest BCUT2D eigenvalue weighted by Crippen LogP contribution is 2.35. The molecule has 2 saturated heterocycles. The highest BCUT2D eigenvalue weighted by molar-refractivity contribution is 7.99. The molecule has 0 radical (unpaired) electrons. The Morgan fingerprint density at radius 3 is 2.83 bits per heavy atom. The minimum Gasteiger partial charge on any atom is -0.314 e. The Hall–Kier alpha value is 0.310. The molecule has 0 saturated carbocycles. The summed E-state index contributed by atoms with van der Waals surface area (Å²) in [5.41, 5.74) is 0. The SMILES string of the molecule is CC1CC(C2CCSC2)CCN1. The first-order chi connectivity index (χ1) is 5.86. The predicted octanol–water partition coefficient (Wildman–Crippen LogP) is 2.13. The fourth-order valence-corrected chi connectivity index (χ4v) is 3.90. The van der Waals surface area contributed by atoms with E-state index >= 15 is 0 Å². The van der Waals surface area contributed by atoms with Crippen LogP contribution in [-0.2, 0) is 0 Å². The summed E-state index contributed by atoms with van der Waals surface area (Å²) in [6.45, 7) is 3.58. The third-order valence-electron chi connectivity index (χ3n) is 3.30. The minimum absolute atomic E-state index is 0.773. The summed E-state index contributed by atoms with van der Waals surface area (Å²) >= 11 is 2.16. The van der Waals surface area contributed by atoms with E-state index in [0.29, 0.717) is 0 Å². The van der Waals surface area contributed by atoms with Crippen LogP contribution in [0.15, 0.2) is 0 Å². The van der Waals surface area contributed by atoms with E-state index in [0.717, 1.165) is 17.9 Å². The van der Waals surface area contributed by atoms with Gasteiger partial charge in [-0.2, -0.15) is 11.8 Å². The lowest BCUT2D eigenvalue weighted by atomic mass is 9.82. The first kappa shape index (κ1) is 8.89. The van der Waals surface area contributed by atoms with Gasteiger partial charge in [-0.05, 0) is 56.1 Å². The smallest absolute Gasteiger partial charge is 0.00414 e. The van der Waals surface area contributed by atoms with Crippen molar-refractivity contribution in [1.82, 2.24) is 5.32 Å². The minimum atomic E-state index is 0.773. The van der Waals surface area contributed by atoms with Gasteiger partial charge in [-0.15, -0.1) is 0 Å². The van der Waals surface area contributed by atoms with Gasteiger partial charge in [-0.1, -0.05) is 0 Å². The molecule has 2 aliphatic heterocycles. The second-order valence-electron chi connectivity index (χ2n) is 4.26. The Morgan fingerprint density at radius 1 is 1.25 bits per heavy atom. The van der Waals surface area contributed by atoms with Crippen molar-refractivity contribution in [3.8, 4) is 0 Å². The second-order valence-corrected chi connectivity index (χ2v) is 5.41. The standard InChI is InChI=1S/C10H19NS/c1-8-6-9(2-4-11-8)10-3-5-12-7-10/h8-11H,2-7H2,1H3. The van der Waals surface area contributed by atoms with Gasteiger partial charge in [0.1, 0.15) is 0 Å². The maximum atomic E-state index is 3.53. The van der Waals surface area contributed by atoms with Gasteiger partial charge < -0.3 is 5.32 Å². The van der Waals surface area contributed by atoms with Crippen LogP contribution < -0.4 is 5.32 Å². The van der Waals surface area contributed by atoms with Crippen molar-refractivity contribution >= 4 is 11.8 Å². The number of nitrogens with one attached hydrogen (secondary N) is 1. The monoisotopic (exact) mass is 185 g/mol. The molecule has 0 bridgehead atoms. The molecule has 0 aliphatic carbocycles. The van der Waals surface area contributed by atoms with Crippen molar-refractivity contribution in [3.05, 3.63) is 0 Å². The van der Waals surface area contributed by atoms with Crippen LogP contribution in [-0.4, -0.2) is 24.1 Å². The molecule has 0 aromatic rings. The fourth-order valence-electron chi connectivity index (χ4n) is 2.52. The topological polar surface area (TPSA) is 12.0 Å². The Kier molecular flexibility index (Phi) is 2.97. The highest BCUT2D eigenvalue weighted by Gasteiger charge is 2.28. The zero-order valence-corrected chi connectivity index (χ0v) is 8.70. The Bertz CT molecular complexity index is 143. The number of thioether (sulfide) groups is 1. The summed E-state index contributed by atoms with van der Waals surface area (Å²) < 4.78 is 0. The molecule has 0 spiro atoms. The van der Waals surface area contributed by atoms with Crippen LogP contribution >= 0.6 is 11.8 Å². The Balaban J connectivity index is 1.85. The van der Waals surface area contributed by atoms with Crippen LogP contribution in [0.5, 0.6) is 0 Å². The third kappa shape index (κ3) is 1.97. The average molecular weight is 185 g/mol. The molecule has 2 heteroatoms. The Labute approximate surface area is 79.7 Å². The van der Waals surface area contributed by atoms with Crippen LogP contribution in [0.25, 0.3) is 0 Å². The molecule has 0 aromatic carbocycles. The zero-order chi connectivity index (χ0) is 8.39. The lowest BCUT2D eigenvalue weighted by molar-refractivity contribution is 0.243. The van der Waals surface area contributed by atoms with E-state index < -0.39 is 0 Å². The van der Waals surface area contributed by atoms with E-state index in [2.05, 4.69) is 24.0 Å². The van der Waals surface area contributed by atoms with Crippen molar-refractivity contribution in [1.29, 1.82) is 0 Å². The summed E-state index contributed by atoms with van der Waals surface area (Å²) in [5, 5.41) is 3.53. The van der Waals surface area contributed by atoms with Gasteiger partial charge in [0.15, 0.2) is 0 Å². The second kappa shape index (κ2) is 4.01. The molecule has 2 aliphatic rings. The summed E-state index contributed by atoms with van der Waals surface area (Å²) in [4.78, 5) is 0. The summed E-state index contributed by atoms with van der Waals surface area (Å²) in [7, 11) is 0.